The summed E-state index contributed by atoms with van der Waals surface area (Å²) < 4.78 is 6.12. The maximum atomic E-state index is 6.12. The molecule has 0 atom stereocenters. The van der Waals surface area contributed by atoms with Gasteiger partial charge in [-0.2, -0.15) is 10.4 Å². The molecule has 0 heterocycles. The minimum absolute atomic E-state index is 0. The van der Waals surface area contributed by atoms with E-state index in [0.717, 1.165) is 0 Å². The molecule has 0 radical (unpaired) electrons. The van der Waals surface area contributed by atoms with E-state index in [4.69, 9.17) is 4.43 Å². The van der Waals surface area contributed by atoms with Gasteiger partial charge in [-0.3, -0.25) is 0 Å². The molecule has 2 aromatic rings. The van der Waals surface area contributed by atoms with Crippen molar-refractivity contribution in [2.24, 2.45) is 0 Å². The SMILES string of the molecule is CC(C)O[Si-](c1ccccc1)c1ccccc1.[Li+]. The largest absolute Gasteiger partial charge is 1.00 e. The third-order valence-corrected chi connectivity index (χ3v) is 4.85. The van der Waals surface area contributed by atoms with Crippen molar-refractivity contribution in [3.63, 3.8) is 0 Å². The first-order chi connectivity index (χ1) is 8.27. The quantitative estimate of drug-likeness (QED) is 0.645. The van der Waals surface area contributed by atoms with E-state index in [-0.39, 0.29) is 25.0 Å². The fourth-order valence-electron chi connectivity index (χ4n) is 1.72. The molecule has 3 heteroatoms. The fourth-order valence-corrected chi connectivity index (χ4v) is 3.78. The van der Waals surface area contributed by atoms with Crippen LogP contribution >= 0.6 is 0 Å². The summed E-state index contributed by atoms with van der Waals surface area (Å²) in [5.41, 5.74) is 0. The number of benzene rings is 2. The zero-order valence-corrected chi connectivity index (χ0v) is 12.3. The molecule has 0 aromatic heterocycles. The van der Waals surface area contributed by atoms with Crippen molar-refractivity contribution in [1.29, 1.82) is 0 Å². The van der Waals surface area contributed by atoms with Crippen LogP contribution in [-0.2, 0) is 4.43 Å². The molecule has 0 fully saturated rings. The second kappa shape index (κ2) is 7.61. The van der Waals surface area contributed by atoms with Crippen molar-refractivity contribution < 1.29 is 23.3 Å². The normalized spacial score (nSPS) is 9.94. The number of rotatable bonds is 4. The van der Waals surface area contributed by atoms with E-state index < -0.39 is 9.04 Å². The molecule has 0 bridgehead atoms. The molecule has 18 heavy (non-hydrogen) atoms. The predicted octanol–water partition coefficient (Wildman–Crippen LogP) is -0.779. The molecule has 1 nitrogen and oxygen atoms in total. The van der Waals surface area contributed by atoms with Gasteiger partial charge in [0.25, 0.3) is 0 Å². The van der Waals surface area contributed by atoms with Gasteiger partial charge in [-0.25, -0.2) is 0 Å². The predicted molar refractivity (Wildman–Crippen MR) is 74.1 cm³/mol. The summed E-state index contributed by atoms with van der Waals surface area (Å²) in [7, 11) is -1.10. The third kappa shape index (κ3) is 4.15. The number of hydrogen-bond donors (Lipinski definition) is 0. The molecule has 0 amide bonds. The smallest absolute Gasteiger partial charge is 0.557 e. The Hall–Kier alpha value is -0.786. The van der Waals surface area contributed by atoms with Crippen molar-refractivity contribution in [2.75, 3.05) is 0 Å². The molecule has 0 saturated heterocycles. The van der Waals surface area contributed by atoms with Crippen LogP contribution < -0.4 is 29.2 Å². The average molecular weight is 248 g/mol. The number of hydrogen-bond acceptors (Lipinski definition) is 1. The van der Waals surface area contributed by atoms with Crippen LogP contribution in [0.1, 0.15) is 13.8 Å². The molecule has 88 valence electrons. The minimum Gasteiger partial charge on any atom is -0.557 e. The van der Waals surface area contributed by atoms with Crippen molar-refractivity contribution >= 4 is 19.4 Å². The Labute approximate surface area is 123 Å². The van der Waals surface area contributed by atoms with Crippen LogP contribution in [0.4, 0.5) is 0 Å². The summed E-state index contributed by atoms with van der Waals surface area (Å²) in [6, 6.07) is 21.0. The van der Waals surface area contributed by atoms with E-state index in [1.807, 2.05) is 12.1 Å². The summed E-state index contributed by atoms with van der Waals surface area (Å²) in [6.45, 7) is 4.19. The first-order valence-electron chi connectivity index (χ1n) is 5.92. The second-order valence-electron chi connectivity index (χ2n) is 4.23. The van der Waals surface area contributed by atoms with Crippen LogP contribution in [0.15, 0.2) is 60.7 Å². The van der Waals surface area contributed by atoms with Crippen LogP contribution in [0, 0.1) is 0 Å². The average Bonchev–Trinajstić information content (AvgIpc) is 2.38. The molecule has 2 rings (SSSR count). The molecule has 0 spiro atoms. The maximum Gasteiger partial charge on any atom is 1.00 e. The van der Waals surface area contributed by atoms with Gasteiger partial charge in [-0.1, -0.05) is 60.7 Å². The monoisotopic (exact) mass is 248 g/mol. The molecule has 0 unspecified atom stereocenters. The standard InChI is InChI=1S/C15H17OSi.Li/c1-13(2)16-17(14-9-5-3-6-10-14)15-11-7-4-8-12-15;/h3-13H,1-2H3;/q-1;+1. The van der Waals surface area contributed by atoms with E-state index in [0.29, 0.717) is 0 Å². The summed E-state index contributed by atoms with van der Waals surface area (Å²) >= 11 is 0. The van der Waals surface area contributed by atoms with Gasteiger partial charge in [-0.15, -0.1) is 9.04 Å². The summed E-state index contributed by atoms with van der Waals surface area (Å²) in [5.74, 6) is 0. The molecule has 0 aliphatic rings. The van der Waals surface area contributed by atoms with Crippen LogP contribution in [-0.4, -0.2) is 15.1 Å². The Morgan fingerprint density at radius 3 is 1.50 bits per heavy atom. The molecule has 0 saturated carbocycles. The van der Waals surface area contributed by atoms with Crippen LogP contribution in [0.25, 0.3) is 0 Å². The van der Waals surface area contributed by atoms with Crippen molar-refractivity contribution in [1.82, 2.24) is 0 Å². The third-order valence-electron chi connectivity index (χ3n) is 2.43. The van der Waals surface area contributed by atoms with Crippen LogP contribution in [0.2, 0.25) is 0 Å². The zero-order valence-electron chi connectivity index (χ0n) is 11.3. The maximum absolute atomic E-state index is 6.12. The Balaban J connectivity index is 0.00000162. The van der Waals surface area contributed by atoms with E-state index >= 15 is 0 Å². The zero-order chi connectivity index (χ0) is 12.1. The topological polar surface area (TPSA) is 9.23 Å². The van der Waals surface area contributed by atoms with Gasteiger partial charge >= 0.3 is 18.9 Å². The molecular formula is C15H17LiOSi. The Morgan fingerprint density at radius 2 is 1.17 bits per heavy atom. The molecular weight excluding hydrogens is 231 g/mol. The van der Waals surface area contributed by atoms with Gasteiger partial charge in [0, 0.05) is 6.10 Å². The van der Waals surface area contributed by atoms with Crippen LogP contribution in [0.3, 0.4) is 0 Å². The summed E-state index contributed by atoms with van der Waals surface area (Å²) in [6.07, 6.45) is 0.254. The Kier molecular flexibility index (Phi) is 6.45. The molecule has 0 aliphatic heterocycles. The van der Waals surface area contributed by atoms with E-state index in [1.54, 1.807) is 0 Å². The molecule has 2 aromatic carbocycles. The first-order valence-corrected chi connectivity index (χ1v) is 7.32. The van der Waals surface area contributed by atoms with E-state index in [9.17, 15) is 0 Å². The van der Waals surface area contributed by atoms with E-state index in [2.05, 4.69) is 62.4 Å². The summed E-state index contributed by atoms with van der Waals surface area (Å²) in [5, 5.41) is 2.61. The van der Waals surface area contributed by atoms with Gasteiger partial charge in [0.15, 0.2) is 0 Å². The first kappa shape index (κ1) is 15.3. The van der Waals surface area contributed by atoms with E-state index in [1.165, 1.54) is 10.4 Å². The van der Waals surface area contributed by atoms with Crippen molar-refractivity contribution in [3.8, 4) is 0 Å². The van der Waals surface area contributed by atoms with Gasteiger partial charge in [0.05, 0.1) is 0 Å². The Bertz CT molecular complexity index is 405. The molecule has 0 N–H and O–H groups in total. The summed E-state index contributed by atoms with van der Waals surface area (Å²) in [4.78, 5) is 0. The fraction of sp³-hybridized carbons (Fsp3) is 0.200. The van der Waals surface area contributed by atoms with Crippen molar-refractivity contribution in [2.45, 2.75) is 20.0 Å². The van der Waals surface area contributed by atoms with Gasteiger partial charge in [-0.05, 0) is 13.8 Å². The minimum atomic E-state index is -1.10. The Morgan fingerprint density at radius 1 is 0.778 bits per heavy atom. The van der Waals surface area contributed by atoms with Crippen molar-refractivity contribution in [3.05, 3.63) is 60.7 Å². The molecule has 0 aliphatic carbocycles. The van der Waals surface area contributed by atoms with Gasteiger partial charge in [0.2, 0.25) is 0 Å². The van der Waals surface area contributed by atoms with Gasteiger partial charge in [0.1, 0.15) is 0 Å². The second-order valence-corrected chi connectivity index (χ2v) is 6.28. The van der Waals surface area contributed by atoms with Crippen LogP contribution in [0.5, 0.6) is 0 Å². The van der Waals surface area contributed by atoms with Gasteiger partial charge < -0.3 is 4.43 Å².